The Kier molecular flexibility index (Phi) is 5.12. The van der Waals surface area contributed by atoms with Crippen molar-refractivity contribution in [1.82, 2.24) is 5.32 Å². The molecule has 0 saturated carbocycles. The Balaban J connectivity index is 2.63. The summed E-state index contributed by atoms with van der Waals surface area (Å²) in [5, 5.41) is 4.83. The van der Waals surface area contributed by atoms with Crippen molar-refractivity contribution < 1.29 is 18.7 Å². The molecule has 0 spiro atoms. The maximum Gasteiger partial charge on any atom is 0.408 e. The summed E-state index contributed by atoms with van der Waals surface area (Å²) in [5.41, 5.74) is 4.85. The molecule has 1 atom stereocenters. The molecule has 0 aliphatic heterocycles. The number of carbonyl (C=O) groups excluding carboxylic acids is 2. The largest absolute Gasteiger partial charge is 0.444 e. The highest BCUT2D eigenvalue weighted by Gasteiger charge is 2.21. The molecule has 2 amide bonds. The number of alkyl carbamates (subject to hydrolysis) is 1. The van der Waals surface area contributed by atoms with Gasteiger partial charge in [0.15, 0.2) is 0 Å². The molecule has 1 rings (SSSR count). The summed E-state index contributed by atoms with van der Waals surface area (Å²) in [5.74, 6) is -1.15. The van der Waals surface area contributed by atoms with Gasteiger partial charge >= 0.3 is 6.09 Å². The van der Waals surface area contributed by atoms with Crippen LogP contribution in [-0.2, 0) is 9.53 Å². The van der Waals surface area contributed by atoms with Crippen LogP contribution >= 0.6 is 0 Å². The van der Waals surface area contributed by atoms with Crippen LogP contribution in [0.25, 0.3) is 0 Å². The lowest BCUT2D eigenvalue weighted by atomic mass is 10.2. The molecule has 4 N–H and O–H groups in total. The third kappa shape index (κ3) is 5.29. The summed E-state index contributed by atoms with van der Waals surface area (Å²) in [4.78, 5) is 23.5. The number of hydrogen-bond donors (Lipinski definition) is 3. The fourth-order valence-electron chi connectivity index (χ4n) is 1.44. The van der Waals surface area contributed by atoms with Gasteiger partial charge in [-0.1, -0.05) is 6.07 Å². The van der Waals surface area contributed by atoms with E-state index in [0.29, 0.717) is 0 Å². The van der Waals surface area contributed by atoms with E-state index in [1.54, 1.807) is 20.8 Å². The van der Waals surface area contributed by atoms with Gasteiger partial charge in [0, 0.05) is 0 Å². The van der Waals surface area contributed by atoms with Crippen LogP contribution in [0.15, 0.2) is 18.2 Å². The maximum atomic E-state index is 13.3. The number of benzene rings is 1. The molecule has 0 aliphatic rings. The number of hydrogen-bond acceptors (Lipinski definition) is 4. The third-order valence-corrected chi connectivity index (χ3v) is 2.44. The van der Waals surface area contributed by atoms with Crippen molar-refractivity contribution in [3.63, 3.8) is 0 Å². The van der Waals surface area contributed by atoms with Crippen LogP contribution in [0.2, 0.25) is 0 Å². The number of ether oxygens (including phenoxy) is 1. The predicted octanol–water partition coefficient (Wildman–Crippen LogP) is 2.26. The van der Waals surface area contributed by atoms with Gasteiger partial charge in [-0.3, -0.25) is 4.79 Å². The van der Waals surface area contributed by atoms with Crippen molar-refractivity contribution in [3.05, 3.63) is 24.0 Å². The SMILES string of the molecule is C[C@H](NC(=O)OC(C)(C)C)C(=O)Nc1cccc(F)c1N. The lowest BCUT2D eigenvalue weighted by Crippen LogP contribution is -2.44. The van der Waals surface area contributed by atoms with E-state index < -0.39 is 29.5 Å². The van der Waals surface area contributed by atoms with E-state index >= 15 is 0 Å². The number of anilines is 2. The first kappa shape index (κ1) is 16.7. The zero-order chi connectivity index (χ0) is 16.2. The first-order valence-electron chi connectivity index (χ1n) is 6.44. The summed E-state index contributed by atoms with van der Waals surface area (Å²) in [6.45, 7) is 6.62. The molecule has 0 radical (unpaired) electrons. The maximum absolute atomic E-state index is 13.3. The molecule has 0 unspecified atom stereocenters. The monoisotopic (exact) mass is 297 g/mol. The molecule has 1 aromatic carbocycles. The number of nitrogens with one attached hydrogen (secondary N) is 2. The van der Waals surface area contributed by atoms with E-state index in [1.807, 2.05) is 0 Å². The number of nitrogens with two attached hydrogens (primary N) is 1. The van der Waals surface area contributed by atoms with Crippen molar-refractivity contribution in [3.8, 4) is 0 Å². The van der Waals surface area contributed by atoms with Gasteiger partial charge in [0.2, 0.25) is 5.91 Å². The summed E-state index contributed by atoms with van der Waals surface area (Å²) in [6, 6.07) is 3.22. The number of rotatable bonds is 3. The molecule has 0 saturated heterocycles. The molecule has 0 bridgehead atoms. The molecule has 0 heterocycles. The van der Waals surface area contributed by atoms with Gasteiger partial charge < -0.3 is 21.1 Å². The minimum absolute atomic E-state index is 0.151. The average molecular weight is 297 g/mol. The Morgan fingerprint density at radius 3 is 2.52 bits per heavy atom. The summed E-state index contributed by atoms with van der Waals surface area (Å²) >= 11 is 0. The summed E-state index contributed by atoms with van der Waals surface area (Å²) < 4.78 is 18.3. The molecule has 0 fully saturated rings. The van der Waals surface area contributed by atoms with Crippen LogP contribution in [0, 0.1) is 5.82 Å². The molecule has 0 aromatic heterocycles. The van der Waals surface area contributed by atoms with Crippen LogP contribution < -0.4 is 16.4 Å². The second kappa shape index (κ2) is 6.43. The molecule has 0 aliphatic carbocycles. The van der Waals surface area contributed by atoms with Crippen molar-refractivity contribution >= 4 is 23.4 Å². The Bertz CT molecular complexity index is 541. The lowest BCUT2D eigenvalue weighted by molar-refractivity contribution is -0.117. The number of para-hydroxylation sites is 1. The predicted molar refractivity (Wildman–Crippen MR) is 78.3 cm³/mol. The van der Waals surface area contributed by atoms with Gasteiger partial charge in [-0.2, -0.15) is 0 Å². The highest BCUT2D eigenvalue weighted by atomic mass is 19.1. The van der Waals surface area contributed by atoms with Gasteiger partial charge in [0.05, 0.1) is 11.4 Å². The smallest absolute Gasteiger partial charge is 0.408 e. The molecular weight excluding hydrogens is 277 g/mol. The van der Waals surface area contributed by atoms with Crippen LogP contribution in [0.5, 0.6) is 0 Å². The van der Waals surface area contributed by atoms with Crippen LogP contribution in [0.4, 0.5) is 20.6 Å². The van der Waals surface area contributed by atoms with E-state index in [4.69, 9.17) is 10.5 Å². The standard InChI is InChI=1S/C14H20FN3O3/c1-8(17-13(20)21-14(2,3)4)12(19)18-10-7-5-6-9(15)11(10)16/h5-8H,16H2,1-4H3,(H,17,20)(H,18,19)/t8-/m0/s1. The molecule has 21 heavy (non-hydrogen) atoms. The first-order chi connectivity index (χ1) is 9.60. The van der Waals surface area contributed by atoms with Crippen LogP contribution in [0.1, 0.15) is 27.7 Å². The Morgan fingerprint density at radius 1 is 1.33 bits per heavy atom. The average Bonchev–Trinajstić information content (AvgIpc) is 2.32. The van der Waals surface area contributed by atoms with Gasteiger partial charge in [-0.05, 0) is 39.8 Å². The fourth-order valence-corrected chi connectivity index (χ4v) is 1.44. The number of amides is 2. The van der Waals surface area contributed by atoms with Crippen molar-refractivity contribution in [1.29, 1.82) is 0 Å². The second-order valence-electron chi connectivity index (χ2n) is 5.56. The molecule has 6 nitrogen and oxygen atoms in total. The second-order valence-corrected chi connectivity index (χ2v) is 5.56. The fraction of sp³-hybridized carbons (Fsp3) is 0.429. The van der Waals surface area contributed by atoms with Gasteiger partial charge in [-0.25, -0.2) is 9.18 Å². The Hall–Kier alpha value is -2.31. The highest BCUT2D eigenvalue weighted by molar-refractivity contribution is 5.98. The van der Waals surface area contributed by atoms with E-state index in [1.165, 1.54) is 25.1 Å². The van der Waals surface area contributed by atoms with Gasteiger partial charge in [0.25, 0.3) is 0 Å². The summed E-state index contributed by atoms with van der Waals surface area (Å²) in [7, 11) is 0. The molecule has 116 valence electrons. The van der Waals surface area contributed by atoms with E-state index in [0.717, 1.165) is 0 Å². The van der Waals surface area contributed by atoms with E-state index in [2.05, 4.69) is 10.6 Å². The van der Waals surface area contributed by atoms with E-state index in [9.17, 15) is 14.0 Å². The number of nitrogen functional groups attached to an aromatic ring is 1. The van der Waals surface area contributed by atoms with Gasteiger partial charge in [0.1, 0.15) is 17.5 Å². The zero-order valence-corrected chi connectivity index (χ0v) is 12.5. The van der Waals surface area contributed by atoms with Crippen LogP contribution in [-0.4, -0.2) is 23.6 Å². The lowest BCUT2D eigenvalue weighted by Gasteiger charge is -2.21. The van der Waals surface area contributed by atoms with Crippen molar-refractivity contribution in [2.24, 2.45) is 0 Å². The first-order valence-corrected chi connectivity index (χ1v) is 6.44. The Morgan fingerprint density at radius 2 is 1.95 bits per heavy atom. The van der Waals surface area contributed by atoms with Crippen LogP contribution in [0.3, 0.4) is 0 Å². The molecule has 7 heteroatoms. The Labute approximate surface area is 122 Å². The minimum Gasteiger partial charge on any atom is -0.444 e. The third-order valence-electron chi connectivity index (χ3n) is 2.44. The van der Waals surface area contributed by atoms with Gasteiger partial charge in [-0.15, -0.1) is 0 Å². The van der Waals surface area contributed by atoms with Crippen molar-refractivity contribution in [2.75, 3.05) is 11.1 Å². The zero-order valence-electron chi connectivity index (χ0n) is 12.5. The van der Waals surface area contributed by atoms with E-state index in [-0.39, 0.29) is 11.4 Å². The normalized spacial score (nSPS) is 12.4. The minimum atomic E-state index is -0.859. The highest BCUT2D eigenvalue weighted by Crippen LogP contribution is 2.21. The quantitative estimate of drug-likeness (QED) is 0.746. The van der Waals surface area contributed by atoms with Crippen molar-refractivity contribution in [2.45, 2.75) is 39.3 Å². The number of carbonyl (C=O) groups is 2. The molecular formula is C14H20FN3O3. The molecule has 1 aromatic rings. The topological polar surface area (TPSA) is 93.4 Å². The summed E-state index contributed by atoms with van der Waals surface area (Å²) in [6.07, 6.45) is -0.711. The number of halogens is 1.